The average molecular weight is 314 g/mol. The second-order valence-electron chi connectivity index (χ2n) is 5.00. The number of carbonyl (C=O) groups is 1. The van der Waals surface area contributed by atoms with Gasteiger partial charge in [0.2, 0.25) is 0 Å². The van der Waals surface area contributed by atoms with Gasteiger partial charge in [-0.25, -0.2) is 4.39 Å². The van der Waals surface area contributed by atoms with Crippen molar-refractivity contribution in [1.29, 1.82) is 0 Å². The molecule has 1 aromatic carbocycles. The van der Waals surface area contributed by atoms with E-state index < -0.39 is 0 Å². The fraction of sp³-hybridized carbons (Fsp3) is 0.500. The zero-order valence-corrected chi connectivity index (χ0v) is 11.7. The van der Waals surface area contributed by atoms with Gasteiger partial charge in [0, 0.05) is 22.9 Å². The van der Waals surface area contributed by atoms with Crippen molar-refractivity contribution in [3.63, 3.8) is 0 Å². The molecule has 0 amide bonds. The Labute approximate surface area is 115 Å². The number of halogens is 2. The van der Waals surface area contributed by atoms with E-state index in [0.29, 0.717) is 0 Å². The summed E-state index contributed by atoms with van der Waals surface area (Å²) in [5, 5.41) is 0. The first-order valence-electron chi connectivity index (χ1n) is 6.28. The third-order valence-corrected chi connectivity index (χ3v) is 4.32. The second-order valence-corrected chi connectivity index (χ2v) is 5.86. The molecule has 0 spiro atoms. The summed E-state index contributed by atoms with van der Waals surface area (Å²) in [6.45, 7) is 0. The average Bonchev–Trinajstić information content (AvgIpc) is 2.34. The van der Waals surface area contributed by atoms with Crippen LogP contribution < -0.4 is 5.73 Å². The molecule has 0 aliphatic heterocycles. The topological polar surface area (TPSA) is 43.1 Å². The van der Waals surface area contributed by atoms with Crippen LogP contribution in [-0.2, 0) is 11.2 Å². The molecule has 1 saturated carbocycles. The van der Waals surface area contributed by atoms with Gasteiger partial charge >= 0.3 is 0 Å². The lowest BCUT2D eigenvalue weighted by Gasteiger charge is -2.25. The van der Waals surface area contributed by atoms with Crippen LogP contribution in [0.25, 0.3) is 0 Å². The molecule has 0 bridgehead atoms. The lowest BCUT2D eigenvalue weighted by atomic mass is 9.82. The highest BCUT2D eigenvalue weighted by Gasteiger charge is 2.25. The molecule has 2 unspecified atom stereocenters. The molecule has 2 rings (SSSR count). The maximum atomic E-state index is 13.1. The first-order chi connectivity index (χ1) is 8.56. The molecule has 0 aromatic heterocycles. The van der Waals surface area contributed by atoms with E-state index in [4.69, 9.17) is 5.73 Å². The predicted octanol–water partition coefficient (Wildman–Crippen LogP) is 3.22. The fourth-order valence-electron chi connectivity index (χ4n) is 2.53. The number of hydrogen-bond acceptors (Lipinski definition) is 2. The standard InChI is InChI=1S/C14H17BrFNO/c15-13-5-4-11(16)6-10(13)8-14(18)9-2-1-3-12(17)7-9/h4-6,9,12H,1-3,7-8,17H2. The zero-order valence-electron chi connectivity index (χ0n) is 10.2. The van der Waals surface area contributed by atoms with Crippen molar-refractivity contribution in [2.75, 3.05) is 0 Å². The summed E-state index contributed by atoms with van der Waals surface area (Å²) in [5.41, 5.74) is 6.61. The summed E-state index contributed by atoms with van der Waals surface area (Å²) >= 11 is 3.35. The Kier molecular flexibility index (Phi) is 4.51. The number of benzene rings is 1. The summed E-state index contributed by atoms with van der Waals surface area (Å²) in [5.74, 6) is -0.0817. The van der Waals surface area contributed by atoms with Crippen molar-refractivity contribution in [2.24, 2.45) is 11.7 Å². The Hall–Kier alpha value is -0.740. The van der Waals surface area contributed by atoms with Gasteiger partial charge < -0.3 is 5.73 Å². The number of ketones is 1. The van der Waals surface area contributed by atoms with Gasteiger partial charge in [0.15, 0.2) is 0 Å². The molecule has 0 saturated heterocycles. The summed E-state index contributed by atoms with van der Waals surface area (Å²) in [6, 6.07) is 4.59. The van der Waals surface area contributed by atoms with Gasteiger partial charge in [-0.15, -0.1) is 0 Å². The Bertz CT molecular complexity index is 449. The first kappa shape index (κ1) is 13.7. The lowest BCUT2D eigenvalue weighted by Crippen LogP contribution is -2.32. The minimum absolute atomic E-state index is 0.0453. The van der Waals surface area contributed by atoms with Gasteiger partial charge in [0.1, 0.15) is 11.6 Å². The van der Waals surface area contributed by atoms with Crippen molar-refractivity contribution < 1.29 is 9.18 Å². The Morgan fingerprint density at radius 2 is 2.22 bits per heavy atom. The van der Waals surface area contributed by atoms with Crippen LogP contribution in [0.3, 0.4) is 0 Å². The summed E-state index contributed by atoms with van der Waals surface area (Å²) in [4.78, 5) is 12.2. The summed E-state index contributed by atoms with van der Waals surface area (Å²) in [6.07, 6.45) is 4.00. The quantitative estimate of drug-likeness (QED) is 0.931. The molecule has 1 aromatic rings. The number of nitrogens with two attached hydrogens (primary N) is 1. The highest BCUT2D eigenvalue weighted by molar-refractivity contribution is 9.10. The van der Waals surface area contributed by atoms with Gasteiger partial charge in [-0.3, -0.25) is 4.79 Å². The second kappa shape index (κ2) is 5.93. The van der Waals surface area contributed by atoms with Crippen molar-refractivity contribution in [3.05, 3.63) is 34.1 Å². The fourth-order valence-corrected chi connectivity index (χ4v) is 2.92. The molecular formula is C14H17BrFNO. The van der Waals surface area contributed by atoms with E-state index >= 15 is 0 Å². The van der Waals surface area contributed by atoms with Crippen molar-refractivity contribution in [2.45, 2.75) is 38.1 Å². The van der Waals surface area contributed by atoms with Crippen LogP contribution in [-0.4, -0.2) is 11.8 Å². The molecule has 0 radical (unpaired) electrons. The Morgan fingerprint density at radius 3 is 2.94 bits per heavy atom. The van der Waals surface area contributed by atoms with Crippen molar-refractivity contribution in [1.82, 2.24) is 0 Å². The predicted molar refractivity (Wildman–Crippen MR) is 72.7 cm³/mol. The van der Waals surface area contributed by atoms with Crippen LogP contribution in [0.2, 0.25) is 0 Å². The molecular weight excluding hydrogens is 297 g/mol. The van der Waals surface area contributed by atoms with Crippen LogP contribution in [0.15, 0.2) is 22.7 Å². The number of hydrogen-bond donors (Lipinski definition) is 1. The molecule has 4 heteroatoms. The van der Waals surface area contributed by atoms with E-state index in [9.17, 15) is 9.18 Å². The molecule has 98 valence electrons. The van der Waals surface area contributed by atoms with Crippen molar-refractivity contribution >= 4 is 21.7 Å². The summed E-state index contributed by atoms with van der Waals surface area (Å²) < 4.78 is 13.9. The van der Waals surface area contributed by atoms with Crippen molar-refractivity contribution in [3.8, 4) is 0 Å². The molecule has 2 nitrogen and oxygen atoms in total. The van der Waals surface area contributed by atoms with Gasteiger partial charge in [-0.2, -0.15) is 0 Å². The maximum Gasteiger partial charge on any atom is 0.140 e. The molecule has 1 aliphatic rings. The minimum Gasteiger partial charge on any atom is -0.328 e. The zero-order chi connectivity index (χ0) is 13.1. The van der Waals surface area contributed by atoms with Gasteiger partial charge in [-0.05, 0) is 43.0 Å². The van der Waals surface area contributed by atoms with E-state index in [2.05, 4.69) is 15.9 Å². The van der Waals surface area contributed by atoms with Gasteiger partial charge in [-0.1, -0.05) is 22.4 Å². The minimum atomic E-state index is -0.304. The molecule has 2 N–H and O–H groups in total. The van der Waals surface area contributed by atoms with E-state index in [1.54, 1.807) is 6.07 Å². The van der Waals surface area contributed by atoms with Crippen LogP contribution in [0.4, 0.5) is 4.39 Å². The van der Waals surface area contributed by atoms with Crippen LogP contribution >= 0.6 is 15.9 Å². The van der Waals surface area contributed by atoms with Gasteiger partial charge in [0.25, 0.3) is 0 Å². The smallest absolute Gasteiger partial charge is 0.140 e. The van der Waals surface area contributed by atoms with Crippen LogP contribution in [0, 0.1) is 11.7 Å². The summed E-state index contributed by atoms with van der Waals surface area (Å²) in [7, 11) is 0. The van der Waals surface area contributed by atoms with Crippen LogP contribution in [0.5, 0.6) is 0 Å². The number of Topliss-reactive ketones (excluding diaryl/α,β-unsaturated/α-hetero) is 1. The Balaban J connectivity index is 2.04. The molecule has 0 heterocycles. The Morgan fingerprint density at radius 1 is 1.44 bits per heavy atom. The number of rotatable bonds is 3. The molecule has 18 heavy (non-hydrogen) atoms. The normalized spacial score (nSPS) is 23.9. The maximum absolute atomic E-state index is 13.1. The first-order valence-corrected chi connectivity index (χ1v) is 7.08. The molecule has 2 atom stereocenters. The molecule has 1 fully saturated rings. The largest absolute Gasteiger partial charge is 0.328 e. The highest BCUT2D eigenvalue weighted by Crippen LogP contribution is 2.26. The molecule has 1 aliphatic carbocycles. The van der Waals surface area contributed by atoms with E-state index in [1.807, 2.05) is 0 Å². The third-order valence-electron chi connectivity index (χ3n) is 3.54. The van der Waals surface area contributed by atoms with Crippen LogP contribution in [0.1, 0.15) is 31.2 Å². The van der Waals surface area contributed by atoms with Gasteiger partial charge in [0.05, 0.1) is 0 Å². The van der Waals surface area contributed by atoms with E-state index in [-0.39, 0.29) is 30.0 Å². The number of carbonyl (C=O) groups excluding carboxylic acids is 1. The SMILES string of the molecule is NC1CCCC(C(=O)Cc2cc(F)ccc2Br)C1. The highest BCUT2D eigenvalue weighted by atomic mass is 79.9. The lowest BCUT2D eigenvalue weighted by molar-refractivity contribution is -0.123. The van der Waals surface area contributed by atoms with E-state index in [0.717, 1.165) is 35.7 Å². The van der Waals surface area contributed by atoms with E-state index in [1.165, 1.54) is 12.1 Å². The third kappa shape index (κ3) is 3.39. The monoisotopic (exact) mass is 313 g/mol.